The van der Waals surface area contributed by atoms with Crippen molar-refractivity contribution in [3.63, 3.8) is 0 Å². The van der Waals surface area contributed by atoms with E-state index in [4.69, 9.17) is 5.11 Å². The van der Waals surface area contributed by atoms with Crippen LogP contribution in [0.15, 0.2) is 27.9 Å². The van der Waals surface area contributed by atoms with E-state index in [0.29, 0.717) is 6.42 Å². The minimum absolute atomic E-state index is 0.165. The van der Waals surface area contributed by atoms with Gasteiger partial charge in [-0.3, -0.25) is 0 Å². The van der Waals surface area contributed by atoms with E-state index in [9.17, 15) is 4.79 Å². The summed E-state index contributed by atoms with van der Waals surface area (Å²) in [6.45, 7) is 4.14. The largest absolute Gasteiger partial charge is 0.478 e. The lowest BCUT2D eigenvalue weighted by molar-refractivity contribution is 0.0697. The summed E-state index contributed by atoms with van der Waals surface area (Å²) in [4.78, 5) is 15.4. The summed E-state index contributed by atoms with van der Waals surface area (Å²) in [6, 6.07) is 1.99. The van der Waals surface area contributed by atoms with Gasteiger partial charge in [-0.1, -0.05) is 15.9 Å². The zero-order valence-corrected chi connectivity index (χ0v) is 12.6. The van der Waals surface area contributed by atoms with Crippen molar-refractivity contribution in [1.29, 1.82) is 0 Å². The fourth-order valence-electron chi connectivity index (χ4n) is 2.28. The van der Waals surface area contributed by atoms with Crippen molar-refractivity contribution in [1.82, 2.24) is 9.78 Å². The highest BCUT2D eigenvalue weighted by Gasteiger charge is 2.21. The zero-order chi connectivity index (χ0) is 14.4. The first-order valence-corrected chi connectivity index (χ1v) is 6.91. The van der Waals surface area contributed by atoms with Crippen LogP contribution in [0.4, 0.5) is 5.69 Å². The number of fused-ring (bicyclic) bond motifs is 1. The Morgan fingerprint density at radius 2 is 2.15 bits per heavy atom. The molecule has 1 aliphatic heterocycles. The maximum Gasteiger partial charge on any atom is 0.338 e. The average Bonchev–Trinajstić information content (AvgIpc) is 3.01. The van der Waals surface area contributed by atoms with E-state index in [1.165, 1.54) is 33.8 Å². The Morgan fingerprint density at radius 3 is 2.80 bits per heavy atom. The van der Waals surface area contributed by atoms with Crippen LogP contribution in [0.1, 0.15) is 27.0 Å². The summed E-state index contributed by atoms with van der Waals surface area (Å²) in [6.07, 6.45) is 3.49. The quantitative estimate of drug-likeness (QED) is 0.871. The van der Waals surface area contributed by atoms with Crippen LogP contribution < -0.4 is 0 Å². The molecule has 6 heteroatoms. The highest BCUT2D eigenvalue weighted by molar-refractivity contribution is 9.10. The van der Waals surface area contributed by atoms with Gasteiger partial charge < -0.3 is 5.11 Å². The molecule has 0 spiro atoms. The molecule has 5 nitrogen and oxygen atoms in total. The molecule has 1 aliphatic rings. The summed E-state index contributed by atoms with van der Waals surface area (Å²) in [7, 11) is 0. The molecule has 1 aromatic heterocycles. The van der Waals surface area contributed by atoms with Crippen molar-refractivity contribution in [3.05, 3.63) is 45.2 Å². The third kappa shape index (κ3) is 1.96. The third-order valence-electron chi connectivity index (χ3n) is 3.62. The molecule has 0 radical (unpaired) electrons. The first-order valence-electron chi connectivity index (χ1n) is 6.12. The standard InChI is InChI=1S/C14H12BrN3O2/c1-7-8(2)11(15)4-12-10(7)3-13(17-12)18-6-9(5-16-18)14(19)20/h4-6H,3H2,1-2H3,(H,19,20). The lowest BCUT2D eigenvalue weighted by atomic mass is 10.0. The van der Waals surface area contributed by atoms with Gasteiger partial charge in [-0.2, -0.15) is 5.10 Å². The summed E-state index contributed by atoms with van der Waals surface area (Å²) >= 11 is 3.53. The van der Waals surface area contributed by atoms with Crippen molar-refractivity contribution in [3.8, 4) is 0 Å². The first-order chi connectivity index (χ1) is 9.47. The highest BCUT2D eigenvalue weighted by atomic mass is 79.9. The van der Waals surface area contributed by atoms with E-state index in [2.05, 4.69) is 39.9 Å². The topological polar surface area (TPSA) is 67.5 Å². The van der Waals surface area contributed by atoms with Crippen molar-refractivity contribution in [2.45, 2.75) is 20.3 Å². The van der Waals surface area contributed by atoms with Crippen LogP contribution in [0.25, 0.3) is 0 Å². The monoisotopic (exact) mass is 333 g/mol. The van der Waals surface area contributed by atoms with Gasteiger partial charge in [0.2, 0.25) is 0 Å². The Bertz CT molecular complexity index is 762. The van der Waals surface area contributed by atoms with Gasteiger partial charge in [-0.25, -0.2) is 14.5 Å². The summed E-state index contributed by atoms with van der Waals surface area (Å²) < 4.78 is 2.57. The maximum absolute atomic E-state index is 10.9. The lowest BCUT2D eigenvalue weighted by Gasteiger charge is -2.08. The highest BCUT2D eigenvalue weighted by Crippen LogP contribution is 2.35. The van der Waals surface area contributed by atoms with Crippen LogP contribution in [-0.2, 0) is 6.42 Å². The van der Waals surface area contributed by atoms with Crippen molar-refractivity contribution < 1.29 is 9.90 Å². The molecule has 1 aromatic carbocycles. The summed E-state index contributed by atoms with van der Waals surface area (Å²) in [5.74, 6) is -0.241. The second kappa shape index (κ2) is 4.56. The summed E-state index contributed by atoms with van der Waals surface area (Å²) in [5.41, 5.74) is 4.67. The van der Waals surface area contributed by atoms with Crippen molar-refractivity contribution in [2.24, 2.45) is 4.99 Å². The molecule has 0 amide bonds. The molecule has 0 fully saturated rings. The average molecular weight is 334 g/mol. The van der Waals surface area contributed by atoms with Gasteiger partial charge in [0.25, 0.3) is 0 Å². The van der Waals surface area contributed by atoms with E-state index < -0.39 is 5.97 Å². The number of hydrogen-bond donors (Lipinski definition) is 1. The van der Waals surface area contributed by atoms with Crippen LogP contribution >= 0.6 is 15.9 Å². The van der Waals surface area contributed by atoms with Gasteiger partial charge in [0.1, 0.15) is 5.84 Å². The third-order valence-corrected chi connectivity index (χ3v) is 4.45. The molecule has 0 unspecified atom stereocenters. The van der Waals surface area contributed by atoms with Crippen LogP contribution in [-0.4, -0.2) is 26.7 Å². The SMILES string of the molecule is Cc1c(Br)cc2c(c1C)CC(n1cc(C(=O)O)cn1)=N2. The number of hydrogen-bond acceptors (Lipinski definition) is 3. The number of aromatic nitrogens is 2. The molecule has 20 heavy (non-hydrogen) atoms. The number of benzene rings is 1. The molecule has 2 aromatic rings. The van der Waals surface area contributed by atoms with Gasteiger partial charge in [0.15, 0.2) is 0 Å². The van der Waals surface area contributed by atoms with Gasteiger partial charge >= 0.3 is 5.97 Å². The number of aromatic carboxylic acids is 1. The first kappa shape index (κ1) is 13.1. The fourth-order valence-corrected chi connectivity index (χ4v) is 2.79. The molecule has 0 saturated carbocycles. The number of carbonyl (C=O) groups is 1. The molecule has 3 rings (SSSR count). The van der Waals surface area contributed by atoms with Crippen LogP contribution in [0.5, 0.6) is 0 Å². The molecule has 0 bridgehead atoms. The normalized spacial score (nSPS) is 13.2. The second-order valence-corrected chi connectivity index (χ2v) is 5.64. The number of rotatable bonds is 1. The molecular weight excluding hydrogens is 322 g/mol. The zero-order valence-electron chi connectivity index (χ0n) is 11.0. The van der Waals surface area contributed by atoms with Crippen molar-refractivity contribution >= 4 is 33.4 Å². The minimum Gasteiger partial charge on any atom is -0.478 e. The van der Waals surface area contributed by atoms with Gasteiger partial charge in [-0.15, -0.1) is 0 Å². The van der Waals surface area contributed by atoms with Crippen LogP contribution in [0, 0.1) is 13.8 Å². The smallest absolute Gasteiger partial charge is 0.338 e. The van der Waals surface area contributed by atoms with E-state index >= 15 is 0 Å². The molecule has 0 saturated heterocycles. The number of carboxylic acid groups (broad SMARTS) is 1. The molecule has 1 N–H and O–H groups in total. The van der Waals surface area contributed by atoms with Crippen LogP contribution in [0.3, 0.4) is 0 Å². The van der Waals surface area contributed by atoms with E-state index in [1.807, 2.05) is 6.07 Å². The second-order valence-electron chi connectivity index (χ2n) is 4.79. The molecule has 2 heterocycles. The fraction of sp³-hybridized carbons (Fsp3) is 0.214. The maximum atomic E-state index is 10.9. The van der Waals surface area contributed by atoms with E-state index in [-0.39, 0.29) is 5.56 Å². The predicted octanol–water partition coefficient (Wildman–Crippen LogP) is 3.10. The number of aliphatic imine (C=N–C) groups is 1. The number of halogens is 1. The Hall–Kier alpha value is -1.95. The van der Waals surface area contributed by atoms with E-state index in [1.54, 1.807) is 0 Å². The molecule has 0 atom stereocenters. The Kier molecular flexibility index (Phi) is 2.97. The van der Waals surface area contributed by atoms with Gasteiger partial charge in [0, 0.05) is 17.1 Å². The predicted molar refractivity (Wildman–Crippen MR) is 79.0 cm³/mol. The van der Waals surface area contributed by atoms with E-state index in [0.717, 1.165) is 16.0 Å². The van der Waals surface area contributed by atoms with Gasteiger partial charge in [-0.05, 0) is 36.6 Å². The molecule has 0 aliphatic carbocycles. The number of carboxylic acids is 1. The lowest BCUT2D eigenvalue weighted by Crippen LogP contribution is -2.12. The van der Waals surface area contributed by atoms with Crippen LogP contribution in [0.2, 0.25) is 0 Å². The molecule has 102 valence electrons. The minimum atomic E-state index is -0.984. The Morgan fingerprint density at radius 1 is 1.40 bits per heavy atom. The van der Waals surface area contributed by atoms with Crippen molar-refractivity contribution in [2.75, 3.05) is 0 Å². The van der Waals surface area contributed by atoms with Gasteiger partial charge in [0.05, 0.1) is 17.4 Å². The summed E-state index contributed by atoms with van der Waals surface area (Å²) in [5, 5.41) is 13.0. The number of nitrogens with zero attached hydrogens (tertiary/aromatic N) is 3. The molecular formula is C14H12BrN3O2. The Labute approximate surface area is 124 Å². The Balaban J connectivity index is 2.01.